The maximum Gasteiger partial charge on any atom is 0.246 e. The molecule has 3 rings (SSSR count). The molecule has 2 saturated heterocycles. The Labute approximate surface area is 131 Å². The molecule has 1 aromatic carbocycles. The number of halogens is 1. The van der Waals surface area contributed by atoms with Gasteiger partial charge in [0.25, 0.3) is 0 Å². The molecule has 2 aliphatic heterocycles. The van der Waals surface area contributed by atoms with Gasteiger partial charge in [0, 0.05) is 36.8 Å². The maximum atomic E-state index is 12.5. The van der Waals surface area contributed by atoms with Crippen LogP contribution in [0.4, 0.5) is 0 Å². The normalized spacial score (nSPS) is 28.3. The zero-order chi connectivity index (χ0) is 14.8. The van der Waals surface area contributed by atoms with Crippen LogP contribution in [0.3, 0.4) is 0 Å². The minimum Gasteiger partial charge on any atom is -0.336 e. The minimum absolute atomic E-state index is 0.131. The zero-order valence-corrected chi connectivity index (χ0v) is 13.0. The Morgan fingerprint density at radius 2 is 2.14 bits per heavy atom. The van der Waals surface area contributed by atoms with E-state index < -0.39 is 0 Å². The average molecular weight is 305 g/mol. The number of amides is 1. The average Bonchev–Trinajstić information content (AvgIpc) is 3.06. The van der Waals surface area contributed by atoms with Crippen molar-refractivity contribution in [3.05, 3.63) is 40.9 Å². The summed E-state index contributed by atoms with van der Waals surface area (Å²) in [4.78, 5) is 14.5. The van der Waals surface area contributed by atoms with E-state index in [2.05, 4.69) is 17.1 Å². The second-order valence-electron chi connectivity index (χ2n) is 5.93. The van der Waals surface area contributed by atoms with Gasteiger partial charge in [-0.2, -0.15) is 0 Å². The molecule has 0 radical (unpaired) electrons. The predicted octanol–water partition coefficient (Wildman–Crippen LogP) is 2.81. The van der Waals surface area contributed by atoms with Gasteiger partial charge in [0.05, 0.1) is 0 Å². The summed E-state index contributed by atoms with van der Waals surface area (Å²) in [6, 6.07) is 7.91. The van der Waals surface area contributed by atoms with Crippen LogP contribution in [0.15, 0.2) is 30.3 Å². The molecule has 2 fully saturated rings. The van der Waals surface area contributed by atoms with Crippen LogP contribution in [0.25, 0.3) is 6.08 Å². The lowest BCUT2D eigenvalue weighted by Crippen LogP contribution is -2.38. The molecule has 4 heteroatoms. The number of nitrogens with one attached hydrogen (secondary N) is 1. The Morgan fingerprint density at radius 3 is 2.86 bits per heavy atom. The molecule has 0 saturated carbocycles. The van der Waals surface area contributed by atoms with E-state index in [0.29, 0.717) is 22.9 Å². The van der Waals surface area contributed by atoms with Gasteiger partial charge < -0.3 is 10.2 Å². The van der Waals surface area contributed by atoms with Gasteiger partial charge in [0.1, 0.15) is 0 Å². The van der Waals surface area contributed by atoms with Gasteiger partial charge >= 0.3 is 0 Å². The first-order valence-corrected chi connectivity index (χ1v) is 8.02. The number of hydrogen-bond donors (Lipinski definition) is 1. The summed E-state index contributed by atoms with van der Waals surface area (Å²) in [5, 5.41) is 4.16. The number of likely N-dealkylation sites (tertiary alicyclic amines) is 1. The summed E-state index contributed by atoms with van der Waals surface area (Å²) < 4.78 is 0. The monoisotopic (exact) mass is 304 g/mol. The highest BCUT2D eigenvalue weighted by Gasteiger charge is 2.44. The Morgan fingerprint density at radius 1 is 1.38 bits per heavy atom. The SMILES string of the molecule is CCC1C2CNCC2CN1C(=O)C=Cc1ccc(Cl)cc1. The molecule has 3 unspecified atom stereocenters. The third kappa shape index (κ3) is 2.99. The van der Waals surface area contributed by atoms with Crippen molar-refractivity contribution in [2.75, 3.05) is 19.6 Å². The highest BCUT2D eigenvalue weighted by atomic mass is 35.5. The van der Waals surface area contributed by atoms with Crippen molar-refractivity contribution in [2.24, 2.45) is 11.8 Å². The minimum atomic E-state index is 0.131. The van der Waals surface area contributed by atoms with Crippen LogP contribution in [0.5, 0.6) is 0 Å². The first-order chi connectivity index (χ1) is 10.2. The van der Waals surface area contributed by atoms with Gasteiger partial charge in [0.2, 0.25) is 5.91 Å². The summed E-state index contributed by atoms with van der Waals surface area (Å²) in [5.74, 6) is 1.39. The number of benzene rings is 1. The fourth-order valence-electron chi connectivity index (χ4n) is 3.64. The summed E-state index contributed by atoms with van der Waals surface area (Å²) in [6.45, 7) is 5.16. The number of nitrogens with zero attached hydrogens (tertiary/aromatic N) is 1. The number of fused-ring (bicyclic) bond motifs is 1. The number of hydrogen-bond acceptors (Lipinski definition) is 2. The van der Waals surface area contributed by atoms with E-state index in [0.717, 1.165) is 31.6 Å². The van der Waals surface area contributed by atoms with E-state index in [9.17, 15) is 4.79 Å². The van der Waals surface area contributed by atoms with Crippen molar-refractivity contribution >= 4 is 23.6 Å². The molecule has 3 nitrogen and oxygen atoms in total. The Hall–Kier alpha value is -1.32. The lowest BCUT2D eigenvalue weighted by atomic mass is 9.93. The van der Waals surface area contributed by atoms with Crippen LogP contribution >= 0.6 is 11.6 Å². The molecule has 3 atom stereocenters. The van der Waals surface area contributed by atoms with Gasteiger partial charge in [-0.25, -0.2) is 0 Å². The van der Waals surface area contributed by atoms with Crippen molar-refractivity contribution in [3.8, 4) is 0 Å². The van der Waals surface area contributed by atoms with Crippen LogP contribution in [0.2, 0.25) is 5.02 Å². The first-order valence-electron chi connectivity index (χ1n) is 7.64. The van der Waals surface area contributed by atoms with E-state index >= 15 is 0 Å². The van der Waals surface area contributed by atoms with Crippen LogP contribution in [0, 0.1) is 11.8 Å². The second kappa shape index (κ2) is 6.20. The topological polar surface area (TPSA) is 32.3 Å². The van der Waals surface area contributed by atoms with Gasteiger partial charge in [-0.05, 0) is 42.0 Å². The smallest absolute Gasteiger partial charge is 0.246 e. The maximum absolute atomic E-state index is 12.5. The quantitative estimate of drug-likeness (QED) is 0.871. The van der Waals surface area contributed by atoms with Crippen LogP contribution in [0.1, 0.15) is 18.9 Å². The number of rotatable bonds is 3. The predicted molar refractivity (Wildman–Crippen MR) is 86.1 cm³/mol. The molecule has 112 valence electrons. The molecule has 21 heavy (non-hydrogen) atoms. The summed E-state index contributed by atoms with van der Waals surface area (Å²) in [7, 11) is 0. The standard InChI is InChI=1S/C17H21ClN2O/c1-2-16-15-10-19-9-13(15)11-20(16)17(21)8-5-12-3-6-14(18)7-4-12/h3-8,13,15-16,19H,2,9-11H2,1H3. The van der Waals surface area contributed by atoms with Crippen LogP contribution in [-0.2, 0) is 4.79 Å². The van der Waals surface area contributed by atoms with Crippen molar-refractivity contribution in [2.45, 2.75) is 19.4 Å². The Kier molecular flexibility index (Phi) is 4.32. The van der Waals surface area contributed by atoms with E-state index in [1.165, 1.54) is 0 Å². The van der Waals surface area contributed by atoms with Gasteiger partial charge in [-0.3, -0.25) is 4.79 Å². The van der Waals surface area contributed by atoms with Crippen LogP contribution < -0.4 is 5.32 Å². The second-order valence-corrected chi connectivity index (χ2v) is 6.37. The van der Waals surface area contributed by atoms with Crippen molar-refractivity contribution in [1.82, 2.24) is 10.2 Å². The van der Waals surface area contributed by atoms with Gasteiger partial charge in [0.15, 0.2) is 0 Å². The molecular weight excluding hydrogens is 284 g/mol. The van der Waals surface area contributed by atoms with E-state index in [1.807, 2.05) is 30.3 Å². The number of carbonyl (C=O) groups excluding carboxylic acids is 1. The number of carbonyl (C=O) groups is 1. The summed E-state index contributed by atoms with van der Waals surface area (Å²) in [6.07, 6.45) is 4.60. The molecule has 1 amide bonds. The van der Waals surface area contributed by atoms with E-state index in [1.54, 1.807) is 6.08 Å². The van der Waals surface area contributed by atoms with E-state index in [4.69, 9.17) is 11.6 Å². The molecule has 0 aliphatic carbocycles. The molecule has 2 aliphatic rings. The lowest BCUT2D eigenvalue weighted by Gasteiger charge is -2.25. The van der Waals surface area contributed by atoms with Crippen molar-refractivity contribution in [1.29, 1.82) is 0 Å². The molecule has 0 aromatic heterocycles. The van der Waals surface area contributed by atoms with E-state index in [-0.39, 0.29) is 5.91 Å². The molecule has 1 aromatic rings. The zero-order valence-electron chi connectivity index (χ0n) is 12.3. The molecule has 0 bridgehead atoms. The Bertz CT molecular complexity index is 540. The molecule has 0 spiro atoms. The summed E-state index contributed by atoms with van der Waals surface area (Å²) in [5.41, 5.74) is 1.00. The third-order valence-electron chi connectivity index (χ3n) is 4.71. The fourth-order valence-corrected chi connectivity index (χ4v) is 3.76. The first kappa shape index (κ1) is 14.6. The highest BCUT2D eigenvalue weighted by Crippen LogP contribution is 2.34. The molecule has 1 N–H and O–H groups in total. The lowest BCUT2D eigenvalue weighted by molar-refractivity contribution is -0.127. The van der Waals surface area contributed by atoms with Crippen molar-refractivity contribution < 1.29 is 4.79 Å². The summed E-state index contributed by atoms with van der Waals surface area (Å²) >= 11 is 5.87. The highest BCUT2D eigenvalue weighted by molar-refractivity contribution is 6.30. The molecular formula is C17H21ClN2O. The third-order valence-corrected chi connectivity index (χ3v) is 4.96. The van der Waals surface area contributed by atoms with Crippen LogP contribution in [-0.4, -0.2) is 36.5 Å². The Balaban J connectivity index is 1.69. The van der Waals surface area contributed by atoms with Crippen molar-refractivity contribution in [3.63, 3.8) is 0 Å². The van der Waals surface area contributed by atoms with Gasteiger partial charge in [-0.1, -0.05) is 30.7 Å². The largest absolute Gasteiger partial charge is 0.336 e. The molecule has 2 heterocycles. The fraction of sp³-hybridized carbons (Fsp3) is 0.471. The van der Waals surface area contributed by atoms with Gasteiger partial charge in [-0.15, -0.1) is 0 Å².